The van der Waals surface area contributed by atoms with Crippen molar-refractivity contribution in [2.75, 3.05) is 13.2 Å². The van der Waals surface area contributed by atoms with Gasteiger partial charge in [0.05, 0.1) is 13.2 Å². The molecule has 0 spiro atoms. The first kappa shape index (κ1) is 10.1. The third kappa shape index (κ3) is 2.16. The van der Waals surface area contributed by atoms with Gasteiger partial charge in [-0.25, -0.2) is 4.79 Å². The summed E-state index contributed by atoms with van der Waals surface area (Å²) in [6.45, 7) is 1.21. The minimum atomic E-state index is -0.262. The minimum absolute atomic E-state index is 0.0727. The molecule has 0 N–H and O–H groups in total. The molecule has 3 nitrogen and oxygen atoms in total. The molecule has 0 saturated carbocycles. The van der Waals surface area contributed by atoms with Crippen molar-refractivity contribution in [3.05, 3.63) is 20.8 Å². The first-order chi connectivity index (χ1) is 6.77. The Bertz CT molecular complexity index is 331. The van der Waals surface area contributed by atoms with Crippen molar-refractivity contribution in [3.8, 4) is 0 Å². The zero-order valence-corrected chi connectivity index (χ0v) is 9.77. The van der Waals surface area contributed by atoms with Crippen molar-refractivity contribution in [2.45, 2.75) is 12.5 Å². The molecular weight excluding hydrogens is 268 g/mol. The van der Waals surface area contributed by atoms with E-state index in [9.17, 15) is 4.79 Å². The van der Waals surface area contributed by atoms with Crippen LogP contribution in [-0.4, -0.2) is 25.3 Å². The van der Waals surface area contributed by atoms with Gasteiger partial charge in [0.15, 0.2) is 0 Å². The fraction of sp³-hybridized carbons (Fsp3) is 0.444. The number of carbonyl (C=O) groups is 1. The lowest BCUT2D eigenvalue weighted by molar-refractivity contribution is 0.0275. The highest BCUT2D eigenvalue weighted by Gasteiger charge is 2.22. The number of rotatable bonds is 2. The summed E-state index contributed by atoms with van der Waals surface area (Å²) in [7, 11) is 0. The first-order valence-corrected chi connectivity index (χ1v) is 5.96. The lowest BCUT2D eigenvalue weighted by Crippen LogP contribution is -2.17. The maximum Gasteiger partial charge on any atom is 0.349 e. The normalized spacial score (nSPS) is 21.1. The summed E-state index contributed by atoms with van der Waals surface area (Å²) in [6.07, 6.45) is 0.728. The highest BCUT2D eigenvalue weighted by atomic mass is 79.9. The predicted molar refractivity (Wildman–Crippen MR) is 56.7 cm³/mol. The van der Waals surface area contributed by atoms with Gasteiger partial charge in [0.2, 0.25) is 0 Å². The van der Waals surface area contributed by atoms with Crippen LogP contribution in [0.5, 0.6) is 0 Å². The molecule has 5 heteroatoms. The Morgan fingerprint density at radius 3 is 3.14 bits per heavy atom. The summed E-state index contributed by atoms with van der Waals surface area (Å²) >= 11 is 4.67. The van der Waals surface area contributed by atoms with Gasteiger partial charge in [-0.3, -0.25) is 0 Å². The first-order valence-electron chi connectivity index (χ1n) is 4.29. The topological polar surface area (TPSA) is 35.5 Å². The third-order valence-electron chi connectivity index (χ3n) is 1.96. The van der Waals surface area contributed by atoms with E-state index in [2.05, 4.69) is 15.9 Å². The molecule has 1 fully saturated rings. The predicted octanol–water partition coefficient (Wildman–Crippen LogP) is 2.46. The van der Waals surface area contributed by atoms with Gasteiger partial charge < -0.3 is 9.47 Å². The molecule has 1 aliphatic heterocycles. The summed E-state index contributed by atoms with van der Waals surface area (Å²) in [6, 6.07) is 1.84. The Morgan fingerprint density at radius 2 is 2.57 bits per heavy atom. The molecular formula is C9H9BrO3S. The SMILES string of the molecule is O=C(O[C@H]1CCOC1)c1sccc1Br. The van der Waals surface area contributed by atoms with Crippen LogP contribution in [0.2, 0.25) is 0 Å². The average Bonchev–Trinajstić information content (AvgIpc) is 2.75. The smallest absolute Gasteiger partial charge is 0.349 e. The molecule has 14 heavy (non-hydrogen) atoms. The molecule has 0 amide bonds. The molecule has 76 valence electrons. The van der Waals surface area contributed by atoms with E-state index in [1.54, 1.807) is 0 Å². The molecule has 0 aliphatic carbocycles. The van der Waals surface area contributed by atoms with Gasteiger partial charge in [0, 0.05) is 10.9 Å². The lowest BCUT2D eigenvalue weighted by atomic mass is 10.3. The minimum Gasteiger partial charge on any atom is -0.456 e. The van der Waals surface area contributed by atoms with Crippen molar-refractivity contribution in [2.24, 2.45) is 0 Å². The number of carbonyl (C=O) groups excluding carboxylic acids is 1. The fourth-order valence-electron chi connectivity index (χ4n) is 1.25. The summed E-state index contributed by atoms with van der Waals surface area (Å²) in [5.74, 6) is -0.262. The number of hydrogen-bond acceptors (Lipinski definition) is 4. The molecule has 1 aromatic heterocycles. The van der Waals surface area contributed by atoms with Gasteiger partial charge in [-0.05, 0) is 27.4 Å². The Labute approximate surface area is 94.1 Å². The van der Waals surface area contributed by atoms with Gasteiger partial charge in [0.1, 0.15) is 11.0 Å². The summed E-state index contributed by atoms with van der Waals surface area (Å²) in [4.78, 5) is 12.2. The van der Waals surface area contributed by atoms with E-state index in [4.69, 9.17) is 9.47 Å². The fourth-order valence-corrected chi connectivity index (χ4v) is 2.66. The molecule has 2 heterocycles. The van der Waals surface area contributed by atoms with E-state index >= 15 is 0 Å². The number of thiophene rings is 1. The van der Waals surface area contributed by atoms with Crippen LogP contribution in [0.3, 0.4) is 0 Å². The molecule has 1 atom stereocenters. The number of hydrogen-bond donors (Lipinski definition) is 0. The van der Waals surface area contributed by atoms with Crippen molar-refractivity contribution < 1.29 is 14.3 Å². The highest BCUT2D eigenvalue weighted by molar-refractivity contribution is 9.10. The van der Waals surface area contributed by atoms with Crippen LogP contribution < -0.4 is 0 Å². The quantitative estimate of drug-likeness (QED) is 0.779. The van der Waals surface area contributed by atoms with Gasteiger partial charge in [-0.15, -0.1) is 11.3 Å². The Balaban J connectivity index is 1.98. The van der Waals surface area contributed by atoms with Crippen molar-refractivity contribution >= 4 is 33.2 Å². The second kappa shape index (κ2) is 4.42. The van der Waals surface area contributed by atoms with Crippen LogP contribution in [-0.2, 0) is 9.47 Å². The molecule has 0 aromatic carbocycles. The molecule has 1 saturated heterocycles. The van der Waals surface area contributed by atoms with Crippen LogP contribution >= 0.6 is 27.3 Å². The van der Waals surface area contributed by atoms with Crippen molar-refractivity contribution in [3.63, 3.8) is 0 Å². The zero-order valence-electron chi connectivity index (χ0n) is 7.36. The number of halogens is 1. The van der Waals surface area contributed by atoms with Gasteiger partial charge in [-0.1, -0.05) is 0 Å². The largest absolute Gasteiger partial charge is 0.456 e. The van der Waals surface area contributed by atoms with Gasteiger partial charge >= 0.3 is 5.97 Å². The lowest BCUT2D eigenvalue weighted by Gasteiger charge is -2.08. The van der Waals surface area contributed by atoms with E-state index in [1.165, 1.54) is 11.3 Å². The van der Waals surface area contributed by atoms with Crippen LogP contribution in [0.25, 0.3) is 0 Å². The van der Waals surface area contributed by atoms with E-state index < -0.39 is 0 Å². The average molecular weight is 277 g/mol. The Kier molecular flexibility index (Phi) is 3.20. The second-order valence-electron chi connectivity index (χ2n) is 2.99. The van der Waals surface area contributed by atoms with Gasteiger partial charge in [-0.2, -0.15) is 0 Å². The van der Waals surface area contributed by atoms with Crippen LogP contribution in [0, 0.1) is 0 Å². The molecule has 1 aliphatic rings. The molecule has 1 aromatic rings. The molecule has 2 rings (SSSR count). The molecule has 0 bridgehead atoms. The maximum atomic E-state index is 11.6. The van der Waals surface area contributed by atoms with E-state index in [0.717, 1.165) is 10.9 Å². The number of esters is 1. The van der Waals surface area contributed by atoms with Crippen molar-refractivity contribution in [1.82, 2.24) is 0 Å². The van der Waals surface area contributed by atoms with Crippen LogP contribution in [0.1, 0.15) is 16.1 Å². The van der Waals surface area contributed by atoms with E-state index in [0.29, 0.717) is 18.1 Å². The van der Waals surface area contributed by atoms with E-state index in [1.807, 2.05) is 11.4 Å². The standard InChI is InChI=1S/C9H9BrO3S/c10-7-2-4-14-8(7)9(11)13-6-1-3-12-5-6/h2,4,6H,1,3,5H2/t6-/m0/s1. The highest BCUT2D eigenvalue weighted by Crippen LogP contribution is 2.24. The van der Waals surface area contributed by atoms with Crippen LogP contribution in [0.15, 0.2) is 15.9 Å². The zero-order chi connectivity index (χ0) is 9.97. The maximum absolute atomic E-state index is 11.6. The summed E-state index contributed by atoms with van der Waals surface area (Å²) in [5, 5.41) is 1.85. The van der Waals surface area contributed by atoms with E-state index in [-0.39, 0.29) is 12.1 Å². The van der Waals surface area contributed by atoms with Crippen molar-refractivity contribution in [1.29, 1.82) is 0 Å². The van der Waals surface area contributed by atoms with Gasteiger partial charge in [0.25, 0.3) is 0 Å². The van der Waals surface area contributed by atoms with Crippen LogP contribution in [0.4, 0.5) is 0 Å². The monoisotopic (exact) mass is 276 g/mol. The third-order valence-corrected chi connectivity index (χ3v) is 3.78. The molecule has 0 unspecified atom stereocenters. The number of ether oxygens (including phenoxy) is 2. The summed E-state index contributed by atoms with van der Waals surface area (Å²) in [5.41, 5.74) is 0. The second-order valence-corrected chi connectivity index (χ2v) is 4.76. The summed E-state index contributed by atoms with van der Waals surface area (Å²) < 4.78 is 11.2. The molecule has 0 radical (unpaired) electrons. The Morgan fingerprint density at radius 1 is 1.71 bits per heavy atom. The Hall–Kier alpha value is -0.390.